The molecule has 20 heavy (non-hydrogen) atoms. The van der Waals surface area contributed by atoms with Crippen molar-refractivity contribution in [3.63, 3.8) is 0 Å². The van der Waals surface area contributed by atoms with Crippen LogP contribution in [0.2, 0.25) is 0 Å². The average Bonchev–Trinajstić information content (AvgIpc) is 2.94. The van der Waals surface area contributed by atoms with Crippen LogP contribution < -0.4 is 5.32 Å². The molecule has 0 spiro atoms. The lowest BCUT2D eigenvalue weighted by atomic mass is 9.93. The van der Waals surface area contributed by atoms with Crippen LogP contribution in [0, 0.1) is 0 Å². The summed E-state index contributed by atoms with van der Waals surface area (Å²) < 4.78 is 1.81. The maximum Gasteiger partial charge on any atom is 0.198 e. The Morgan fingerprint density at radius 2 is 2.15 bits per heavy atom. The molecule has 0 fully saturated rings. The van der Waals surface area contributed by atoms with E-state index in [-0.39, 0.29) is 11.8 Å². The Labute approximate surface area is 118 Å². The SMILES string of the molecule is CCCn1nccc1C(=O)C1Cc2ccccc2CN1. The predicted octanol–water partition coefficient (Wildman–Crippen LogP) is 2.19. The van der Waals surface area contributed by atoms with Crippen LogP contribution in [0.25, 0.3) is 0 Å². The highest BCUT2D eigenvalue weighted by molar-refractivity contribution is 5.99. The first-order valence-electron chi connectivity index (χ1n) is 7.15. The molecule has 0 saturated carbocycles. The maximum atomic E-state index is 12.6. The Kier molecular flexibility index (Phi) is 3.65. The average molecular weight is 269 g/mol. The summed E-state index contributed by atoms with van der Waals surface area (Å²) in [6, 6.07) is 9.98. The van der Waals surface area contributed by atoms with Crippen molar-refractivity contribution in [2.24, 2.45) is 0 Å². The number of aromatic nitrogens is 2. The van der Waals surface area contributed by atoms with Gasteiger partial charge in [-0.1, -0.05) is 31.2 Å². The number of benzene rings is 1. The fourth-order valence-electron chi connectivity index (χ4n) is 2.75. The summed E-state index contributed by atoms with van der Waals surface area (Å²) in [5, 5.41) is 7.58. The molecular weight excluding hydrogens is 250 g/mol. The van der Waals surface area contributed by atoms with Crippen molar-refractivity contribution in [3.05, 3.63) is 53.3 Å². The van der Waals surface area contributed by atoms with Crippen molar-refractivity contribution < 1.29 is 4.79 Å². The minimum atomic E-state index is -0.141. The van der Waals surface area contributed by atoms with Gasteiger partial charge in [-0.15, -0.1) is 0 Å². The molecule has 2 aromatic rings. The van der Waals surface area contributed by atoms with E-state index in [1.165, 1.54) is 11.1 Å². The zero-order chi connectivity index (χ0) is 13.9. The highest BCUT2D eigenvalue weighted by Gasteiger charge is 2.26. The second-order valence-corrected chi connectivity index (χ2v) is 5.21. The number of hydrogen-bond acceptors (Lipinski definition) is 3. The fourth-order valence-corrected chi connectivity index (χ4v) is 2.75. The van der Waals surface area contributed by atoms with E-state index in [1.807, 2.05) is 22.9 Å². The molecule has 1 unspecified atom stereocenters. The number of carbonyl (C=O) groups excluding carboxylic acids is 1. The summed E-state index contributed by atoms with van der Waals surface area (Å²) >= 11 is 0. The molecule has 1 N–H and O–H groups in total. The number of ketones is 1. The lowest BCUT2D eigenvalue weighted by Crippen LogP contribution is -2.42. The minimum Gasteiger partial charge on any atom is -0.303 e. The van der Waals surface area contributed by atoms with Crippen molar-refractivity contribution in [1.82, 2.24) is 15.1 Å². The number of Topliss-reactive ketones (excluding diaryl/α,β-unsaturated/α-hetero) is 1. The third kappa shape index (κ3) is 2.39. The van der Waals surface area contributed by atoms with Crippen LogP contribution in [-0.4, -0.2) is 21.6 Å². The summed E-state index contributed by atoms with van der Waals surface area (Å²) in [6.07, 6.45) is 3.44. The Balaban J connectivity index is 1.80. The smallest absolute Gasteiger partial charge is 0.198 e. The molecule has 1 aromatic carbocycles. The summed E-state index contributed by atoms with van der Waals surface area (Å²) in [5.74, 6) is 0.144. The third-order valence-electron chi connectivity index (χ3n) is 3.80. The second kappa shape index (κ2) is 5.59. The van der Waals surface area contributed by atoms with Gasteiger partial charge in [-0.2, -0.15) is 5.10 Å². The maximum absolute atomic E-state index is 12.6. The zero-order valence-electron chi connectivity index (χ0n) is 11.7. The van der Waals surface area contributed by atoms with Gasteiger partial charge in [-0.3, -0.25) is 9.48 Å². The van der Waals surface area contributed by atoms with Crippen LogP contribution in [-0.2, 0) is 19.5 Å². The first-order valence-corrected chi connectivity index (χ1v) is 7.15. The number of rotatable bonds is 4. The summed E-state index contributed by atoms with van der Waals surface area (Å²) in [5.41, 5.74) is 3.27. The predicted molar refractivity (Wildman–Crippen MR) is 77.6 cm³/mol. The lowest BCUT2D eigenvalue weighted by molar-refractivity contribution is 0.0927. The van der Waals surface area contributed by atoms with Gasteiger partial charge in [0.25, 0.3) is 0 Å². The molecule has 0 saturated heterocycles. The highest BCUT2D eigenvalue weighted by atomic mass is 16.1. The van der Waals surface area contributed by atoms with Crippen LogP contribution in [0.4, 0.5) is 0 Å². The van der Waals surface area contributed by atoms with Gasteiger partial charge in [0.2, 0.25) is 0 Å². The van der Waals surface area contributed by atoms with E-state index in [0.29, 0.717) is 5.69 Å². The number of carbonyl (C=O) groups is 1. The van der Waals surface area contributed by atoms with Crippen molar-refractivity contribution in [2.45, 2.75) is 38.9 Å². The highest BCUT2D eigenvalue weighted by Crippen LogP contribution is 2.18. The summed E-state index contributed by atoms with van der Waals surface area (Å²) in [7, 11) is 0. The standard InChI is InChI=1S/C16H19N3O/c1-2-9-19-15(7-8-18-19)16(20)14-10-12-5-3-4-6-13(12)11-17-14/h3-8,14,17H,2,9-11H2,1H3. The van der Waals surface area contributed by atoms with Gasteiger partial charge in [-0.05, 0) is 30.0 Å². The second-order valence-electron chi connectivity index (χ2n) is 5.21. The Morgan fingerprint density at radius 1 is 1.35 bits per heavy atom. The lowest BCUT2D eigenvalue weighted by Gasteiger charge is -2.25. The molecule has 4 heteroatoms. The Hall–Kier alpha value is -1.94. The van der Waals surface area contributed by atoms with Gasteiger partial charge in [0.1, 0.15) is 5.69 Å². The summed E-state index contributed by atoms with van der Waals surface area (Å²) in [6.45, 7) is 3.64. The number of hydrogen-bond donors (Lipinski definition) is 1. The molecule has 0 radical (unpaired) electrons. The molecule has 0 bridgehead atoms. The van der Waals surface area contributed by atoms with Gasteiger partial charge in [-0.25, -0.2) is 0 Å². The molecule has 3 rings (SSSR count). The number of aryl methyl sites for hydroxylation is 1. The first kappa shape index (κ1) is 13.1. The molecule has 1 aromatic heterocycles. The van der Waals surface area contributed by atoms with Gasteiger partial charge in [0.05, 0.1) is 6.04 Å². The van der Waals surface area contributed by atoms with Crippen LogP contribution >= 0.6 is 0 Å². The first-order chi connectivity index (χ1) is 9.79. The van der Waals surface area contributed by atoms with Crippen LogP contribution in [0.1, 0.15) is 35.0 Å². The topological polar surface area (TPSA) is 46.9 Å². The van der Waals surface area contributed by atoms with Crippen molar-refractivity contribution in [3.8, 4) is 0 Å². The largest absolute Gasteiger partial charge is 0.303 e. The Bertz CT molecular complexity index is 618. The van der Waals surface area contributed by atoms with E-state index in [1.54, 1.807) is 6.20 Å². The van der Waals surface area contributed by atoms with E-state index in [0.717, 1.165) is 25.9 Å². The van der Waals surface area contributed by atoms with Crippen LogP contribution in [0.3, 0.4) is 0 Å². The van der Waals surface area contributed by atoms with E-state index in [9.17, 15) is 4.79 Å². The van der Waals surface area contributed by atoms with E-state index >= 15 is 0 Å². The minimum absolute atomic E-state index is 0.141. The quantitative estimate of drug-likeness (QED) is 0.865. The van der Waals surface area contributed by atoms with Crippen molar-refractivity contribution in [2.75, 3.05) is 0 Å². The molecule has 2 heterocycles. The molecule has 1 aliphatic rings. The number of fused-ring (bicyclic) bond motifs is 1. The molecular formula is C16H19N3O. The van der Waals surface area contributed by atoms with Crippen LogP contribution in [0.15, 0.2) is 36.5 Å². The number of nitrogens with zero attached hydrogens (tertiary/aromatic N) is 2. The van der Waals surface area contributed by atoms with Crippen LogP contribution in [0.5, 0.6) is 0 Å². The molecule has 1 aliphatic heterocycles. The van der Waals surface area contributed by atoms with Crippen molar-refractivity contribution in [1.29, 1.82) is 0 Å². The van der Waals surface area contributed by atoms with Gasteiger partial charge < -0.3 is 5.32 Å². The molecule has 0 aliphatic carbocycles. The van der Waals surface area contributed by atoms with Gasteiger partial charge in [0.15, 0.2) is 5.78 Å². The van der Waals surface area contributed by atoms with Gasteiger partial charge in [0, 0.05) is 19.3 Å². The van der Waals surface area contributed by atoms with E-state index in [2.05, 4.69) is 29.5 Å². The fraction of sp³-hybridized carbons (Fsp3) is 0.375. The zero-order valence-corrected chi connectivity index (χ0v) is 11.7. The monoisotopic (exact) mass is 269 g/mol. The molecule has 104 valence electrons. The molecule has 0 amide bonds. The summed E-state index contributed by atoms with van der Waals surface area (Å²) in [4.78, 5) is 12.6. The Morgan fingerprint density at radius 3 is 2.95 bits per heavy atom. The van der Waals surface area contributed by atoms with E-state index in [4.69, 9.17) is 0 Å². The van der Waals surface area contributed by atoms with Gasteiger partial charge >= 0.3 is 0 Å². The molecule has 1 atom stereocenters. The third-order valence-corrected chi connectivity index (χ3v) is 3.80. The van der Waals surface area contributed by atoms with Crippen molar-refractivity contribution >= 4 is 5.78 Å². The number of nitrogens with one attached hydrogen (secondary N) is 1. The van der Waals surface area contributed by atoms with E-state index < -0.39 is 0 Å². The normalized spacial score (nSPS) is 17.8. The molecule has 4 nitrogen and oxygen atoms in total.